The van der Waals surface area contributed by atoms with Gasteiger partial charge in [-0.25, -0.2) is 19.6 Å². The minimum Gasteiger partial charge on any atom is -0.346 e. The van der Waals surface area contributed by atoms with Crippen LogP contribution in [0.1, 0.15) is 23.0 Å². The quantitative estimate of drug-likeness (QED) is 0.422. The molecular weight excluding hydrogens is 280 g/mol. The van der Waals surface area contributed by atoms with Crippen molar-refractivity contribution in [1.82, 2.24) is 10.3 Å². The molecule has 112 valence electrons. The van der Waals surface area contributed by atoms with Gasteiger partial charge in [0.05, 0.1) is 6.54 Å². The molecular formula is C11H14F4N4O. The van der Waals surface area contributed by atoms with Crippen LogP contribution in [0.5, 0.6) is 0 Å². The summed E-state index contributed by atoms with van der Waals surface area (Å²) in [4.78, 5) is 15.7. The number of hydrazine groups is 1. The molecule has 0 unspecified atom stereocenters. The number of rotatable bonds is 6. The van der Waals surface area contributed by atoms with Crippen LogP contribution in [0, 0.1) is 0 Å². The van der Waals surface area contributed by atoms with Crippen LogP contribution in [-0.4, -0.2) is 29.8 Å². The van der Waals surface area contributed by atoms with Crippen molar-refractivity contribution in [2.24, 2.45) is 5.84 Å². The van der Waals surface area contributed by atoms with E-state index in [4.69, 9.17) is 5.84 Å². The highest BCUT2D eigenvalue weighted by Crippen LogP contribution is 2.21. The number of nitrogens with one attached hydrogen (secondary N) is 2. The number of carbonyl (C=O) groups excluding carboxylic acids is 1. The number of hydrogen-bond acceptors (Lipinski definition) is 4. The Morgan fingerprint density at radius 2 is 2.10 bits per heavy atom. The third-order valence-corrected chi connectivity index (χ3v) is 2.45. The number of aromatic nitrogens is 1. The average molecular weight is 294 g/mol. The number of hydrogen-bond donors (Lipinski definition) is 3. The molecule has 0 fully saturated rings. The normalized spacial score (nSPS) is 11.6. The largest absolute Gasteiger partial charge is 0.346 e. The van der Waals surface area contributed by atoms with Gasteiger partial charge in [-0.15, -0.1) is 0 Å². The summed E-state index contributed by atoms with van der Waals surface area (Å²) in [7, 11) is 0. The van der Waals surface area contributed by atoms with Crippen molar-refractivity contribution >= 4 is 11.7 Å². The minimum atomic E-state index is -4.27. The highest BCUT2D eigenvalue weighted by Gasteiger charge is 2.40. The van der Waals surface area contributed by atoms with Crippen molar-refractivity contribution in [3.63, 3.8) is 0 Å². The van der Waals surface area contributed by atoms with Gasteiger partial charge in [0.15, 0.2) is 0 Å². The maximum Gasteiger partial charge on any atom is 0.324 e. The Bertz CT molecular complexity index is 459. The number of nitrogen functional groups attached to an aromatic ring is 1. The summed E-state index contributed by atoms with van der Waals surface area (Å²) < 4.78 is 49.3. The van der Waals surface area contributed by atoms with Crippen LogP contribution in [0.15, 0.2) is 12.1 Å². The number of aryl methyl sites for hydroxylation is 1. The second kappa shape index (κ2) is 6.51. The van der Waals surface area contributed by atoms with Gasteiger partial charge in [-0.3, -0.25) is 4.79 Å². The highest BCUT2D eigenvalue weighted by molar-refractivity contribution is 5.95. The van der Waals surface area contributed by atoms with Gasteiger partial charge < -0.3 is 10.7 Å². The molecule has 0 aliphatic rings. The minimum absolute atomic E-state index is 0.00914. The fourth-order valence-electron chi connectivity index (χ4n) is 1.35. The number of pyridine rings is 1. The van der Waals surface area contributed by atoms with Gasteiger partial charge in [-0.2, -0.15) is 8.78 Å². The van der Waals surface area contributed by atoms with Crippen LogP contribution in [0.25, 0.3) is 0 Å². The summed E-state index contributed by atoms with van der Waals surface area (Å²) in [6.07, 6.45) is -3.35. The van der Waals surface area contributed by atoms with E-state index in [0.29, 0.717) is 12.1 Å². The van der Waals surface area contributed by atoms with Gasteiger partial charge >= 0.3 is 12.3 Å². The fraction of sp³-hybridized carbons (Fsp3) is 0.455. The molecule has 0 saturated carbocycles. The Morgan fingerprint density at radius 1 is 1.45 bits per heavy atom. The maximum atomic E-state index is 12.7. The molecule has 4 N–H and O–H groups in total. The number of carbonyl (C=O) groups is 1. The molecule has 0 spiro atoms. The lowest BCUT2D eigenvalue weighted by atomic mass is 10.1. The summed E-state index contributed by atoms with van der Waals surface area (Å²) in [5.74, 6) is 0.162. The molecule has 0 atom stereocenters. The molecule has 1 rings (SSSR count). The topological polar surface area (TPSA) is 80.0 Å². The molecule has 0 bridgehead atoms. The Kier molecular flexibility index (Phi) is 5.26. The van der Waals surface area contributed by atoms with E-state index in [0.717, 1.165) is 0 Å². The zero-order valence-electron chi connectivity index (χ0n) is 10.6. The first-order valence-corrected chi connectivity index (χ1v) is 5.72. The van der Waals surface area contributed by atoms with Gasteiger partial charge in [0, 0.05) is 11.3 Å². The molecule has 1 aromatic heterocycles. The van der Waals surface area contributed by atoms with Crippen molar-refractivity contribution in [3.05, 3.63) is 23.4 Å². The summed E-state index contributed by atoms with van der Waals surface area (Å²) in [6, 6.07) is 2.60. The number of nitrogens with two attached hydrogens (primary N) is 1. The molecule has 1 aromatic rings. The number of alkyl halides is 4. The zero-order chi connectivity index (χ0) is 15.3. The average Bonchev–Trinajstić information content (AvgIpc) is 2.43. The Labute approximate surface area is 112 Å². The maximum absolute atomic E-state index is 12.7. The molecule has 0 radical (unpaired) electrons. The van der Waals surface area contributed by atoms with Crippen molar-refractivity contribution in [3.8, 4) is 0 Å². The molecule has 20 heavy (non-hydrogen) atoms. The van der Waals surface area contributed by atoms with Crippen LogP contribution < -0.4 is 16.6 Å². The van der Waals surface area contributed by atoms with Gasteiger partial charge in [0.2, 0.25) is 0 Å². The Hall–Kier alpha value is -1.90. The van der Waals surface area contributed by atoms with Crippen molar-refractivity contribution < 1.29 is 22.4 Å². The molecule has 0 aliphatic heterocycles. The summed E-state index contributed by atoms with van der Waals surface area (Å²) in [6.45, 7) is 0.327. The van der Waals surface area contributed by atoms with E-state index < -0.39 is 24.8 Å². The first-order chi connectivity index (χ1) is 9.30. The standard InChI is InChI=1S/C11H14F4N4O/c1-2-7-3-6(4-8(18-7)19-16)9(20)17-5-11(14,15)10(12)13/h3-4,10H,2,5,16H2,1H3,(H,17,20)(H,18,19). The molecule has 0 aromatic carbocycles. The molecule has 1 heterocycles. The van der Waals surface area contributed by atoms with Crippen LogP contribution in [0.3, 0.4) is 0 Å². The van der Waals surface area contributed by atoms with Gasteiger partial charge in [0.1, 0.15) is 5.82 Å². The van der Waals surface area contributed by atoms with Gasteiger partial charge in [-0.1, -0.05) is 6.92 Å². The van der Waals surface area contributed by atoms with E-state index in [1.54, 1.807) is 12.2 Å². The second-order valence-electron chi connectivity index (χ2n) is 3.97. The van der Waals surface area contributed by atoms with Crippen LogP contribution >= 0.6 is 0 Å². The smallest absolute Gasteiger partial charge is 0.324 e. The zero-order valence-corrected chi connectivity index (χ0v) is 10.6. The van der Waals surface area contributed by atoms with Gasteiger partial charge in [0.25, 0.3) is 5.91 Å². The lowest BCUT2D eigenvalue weighted by molar-refractivity contribution is -0.123. The monoisotopic (exact) mass is 294 g/mol. The summed E-state index contributed by atoms with van der Waals surface area (Å²) in [5.41, 5.74) is 2.74. The fourth-order valence-corrected chi connectivity index (χ4v) is 1.35. The Morgan fingerprint density at radius 3 is 2.60 bits per heavy atom. The van der Waals surface area contributed by atoms with Gasteiger partial charge in [-0.05, 0) is 18.6 Å². The first kappa shape index (κ1) is 16.2. The number of amides is 1. The van der Waals surface area contributed by atoms with E-state index in [1.165, 1.54) is 12.1 Å². The van der Waals surface area contributed by atoms with Crippen LogP contribution in [-0.2, 0) is 6.42 Å². The first-order valence-electron chi connectivity index (χ1n) is 5.72. The predicted molar refractivity (Wildman–Crippen MR) is 64.7 cm³/mol. The van der Waals surface area contributed by atoms with E-state index in [2.05, 4.69) is 10.4 Å². The molecule has 0 aliphatic carbocycles. The van der Waals surface area contributed by atoms with E-state index in [1.807, 2.05) is 0 Å². The van der Waals surface area contributed by atoms with Crippen LogP contribution in [0.4, 0.5) is 23.4 Å². The summed E-state index contributed by atoms with van der Waals surface area (Å²) >= 11 is 0. The lowest BCUT2D eigenvalue weighted by Crippen LogP contribution is -2.41. The molecule has 5 nitrogen and oxygen atoms in total. The molecule has 9 heteroatoms. The summed E-state index contributed by atoms with van der Waals surface area (Å²) in [5, 5.41) is 1.76. The molecule has 0 saturated heterocycles. The number of nitrogens with zero attached hydrogens (tertiary/aromatic N) is 1. The second-order valence-corrected chi connectivity index (χ2v) is 3.97. The third-order valence-electron chi connectivity index (χ3n) is 2.45. The third kappa shape index (κ3) is 4.05. The van der Waals surface area contributed by atoms with E-state index in [9.17, 15) is 22.4 Å². The lowest BCUT2D eigenvalue weighted by Gasteiger charge is -2.16. The van der Waals surface area contributed by atoms with E-state index in [-0.39, 0.29) is 11.4 Å². The predicted octanol–water partition coefficient (Wildman–Crippen LogP) is 1.56. The van der Waals surface area contributed by atoms with Crippen molar-refractivity contribution in [2.75, 3.05) is 12.0 Å². The number of anilines is 1. The van der Waals surface area contributed by atoms with Crippen molar-refractivity contribution in [2.45, 2.75) is 25.7 Å². The highest BCUT2D eigenvalue weighted by atomic mass is 19.3. The SMILES string of the molecule is CCc1cc(C(=O)NCC(F)(F)C(F)F)cc(NN)n1. The van der Waals surface area contributed by atoms with Crippen molar-refractivity contribution in [1.29, 1.82) is 0 Å². The Balaban J connectivity index is 2.82. The molecule has 1 amide bonds. The number of halogens is 4. The van der Waals surface area contributed by atoms with E-state index >= 15 is 0 Å². The van der Waals surface area contributed by atoms with Crippen LogP contribution in [0.2, 0.25) is 0 Å².